The molecule has 10 heteroatoms. The Morgan fingerprint density at radius 3 is 2.59 bits per heavy atom. The van der Waals surface area contributed by atoms with E-state index in [0.717, 1.165) is 16.7 Å². The second kappa shape index (κ2) is 9.30. The maximum Gasteiger partial charge on any atom is 0.314 e. The summed E-state index contributed by atoms with van der Waals surface area (Å²) in [5, 5.41) is 9.66. The lowest BCUT2D eigenvalue weighted by atomic mass is 10.1. The Hall–Kier alpha value is -3.66. The van der Waals surface area contributed by atoms with Crippen molar-refractivity contribution >= 4 is 27.5 Å². The largest absolute Gasteiger partial charge is 0.496 e. The highest BCUT2D eigenvalue weighted by molar-refractivity contribution is 7.90. The molecule has 2 N–H and O–H groups in total. The van der Waals surface area contributed by atoms with Crippen LogP contribution in [0.1, 0.15) is 27.9 Å². The van der Waals surface area contributed by atoms with Gasteiger partial charge >= 0.3 is 11.8 Å². The van der Waals surface area contributed by atoms with Gasteiger partial charge in [-0.15, -0.1) is 0 Å². The molecule has 0 bridgehead atoms. The van der Waals surface area contributed by atoms with Gasteiger partial charge in [-0.25, -0.2) is 13.1 Å². The molecule has 0 saturated heterocycles. The van der Waals surface area contributed by atoms with Gasteiger partial charge in [-0.05, 0) is 43.5 Å². The summed E-state index contributed by atoms with van der Waals surface area (Å²) in [5.74, 6) is -1.24. The van der Waals surface area contributed by atoms with E-state index in [-0.39, 0.29) is 23.9 Å². The van der Waals surface area contributed by atoms with Crippen molar-refractivity contribution in [1.82, 2.24) is 15.1 Å². The van der Waals surface area contributed by atoms with E-state index in [1.165, 1.54) is 4.68 Å². The SMILES string of the molecule is COc1ccccc1CCNC(=O)C(=O)Nc1c2c(nn1-c1ccc(C)cc1C)CS(=O)(=O)C2. The predicted molar refractivity (Wildman–Crippen MR) is 128 cm³/mol. The number of ether oxygens (including phenoxy) is 1. The Morgan fingerprint density at radius 2 is 1.85 bits per heavy atom. The van der Waals surface area contributed by atoms with Gasteiger partial charge in [-0.2, -0.15) is 5.10 Å². The minimum atomic E-state index is -3.35. The third kappa shape index (κ3) is 4.81. The van der Waals surface area contributed by atoms with Gasteiger partial charge in [0.05, 0.1) is 30.0 Å². The number of fused-ring (bicyclic) bond motifs is 1. The van der Waals surface area contributed by atoms with Crippen LogP contribution in [0.4, 0.5) is 5.82 Å². The highest BCUT2D eigenvalue weighted by Crippen LogP contribution is 2.33. The van der Waals surface area contributed by atoms with Crippen molar-refractivity contribution in [2.75, 3.05) is 19.0 Å². The molecule has 1 aliphatic rings. The number of hydrogen-bond donors (Lipinski definition) is 2. The number of sulfone groups is 1. The van der Waals surface area contributed by atoms with Crippen LogP contribution in [0.2, 0.25) is 0 Å². The number of carbonyl (C=O) groups is 2. The van der Waals surface area contributed by atoms with Crippen LogP contribution in [0.5, 0.6) is 5.75 Å². The van der Waals surface area contributed by atoms with Gasteiger partial charge in [0.2, 0.25) is 0 Å². The number of para-hydroxylation sites is 1. The van der Waals surface area contributed by atoms with Crippen molar-refractivity contribution in [2.24, 2.45) is 0 Å². The Labute approximate surface area is 198 Å². The van der Waals surface area contributed by atoms with Crippen LogP contribution in [0, 0.1) is 13.8 Å². The molecule has 1 aromatic heterocycles. The number of amides is 2. The molecule has 2 heterocycles. The number of benzene rings is 2. The standard InChI is InChI=1S/C24H26N4O5S/c1-15-8-9-20(16(2)12-15)28-22(18-13-34(31,32)14-19(18)27-28)26-24(30)23(29)25-11-10-17-6-4-5-7-21(17)33-3/h4-9,12H,10-11,13-14H2,1-3H3,(H,25,29)(H,26,30). The average molecular weight is 483 g/mol. The second-order valence-electron chi connectivity index (χ2n) is 8.28. The zero-order valence-corrected chi connectivity index (χ0v) is 20.0. The van der Waals surface area contributed by atoms with Crippen LogP contribution < -0.4 is 15.4 Å². The van der Waals surface area contributed by atoms with Crippen molar-refractivity contribution in [1.29, 1.82) is 0 Å². The molecular formula is C24H26N4O5S. The van der Waals surface area contributed by atoms with Gasteiger partial charge in [0.15, 0.2) is 9.84 Å². The summed E-state index contributed by atoms with van der Waals surface area (Å²) in [6.45, 7) is 4.10. The lowest BCUT2D eigenvalue weighted by molar-refractivity contribution is -0.136. The van der Waals surface area contributed by atoms with Crippen LogP contribution in [0.15, 0.2) is 42.5 Å². The predicted octanol–water partition coefficient (Wildman–Crippen LogP) is 2.22. The van der Waals surface area contributed by atoms with Gasteiger partial charge in [0, 0.05) is 12.1 Å². The zero-order chi connectivity index (χ0) is 24.5. The third-order valence-corrected chi connectivity index (χ3v) is 7.12. The Balaban J connectivity index is 1.53. The van der Waals surface area contributed by atoms with E-state index < -0.39 is 21.7 Å². The molecule has 2 aromatic carbocycles. The maximum atomic E-state index is 12.7. The minimum Gasteiger partial charge on any atom is -0.496 e. The molecule has 0 unspecified atom stereocenters. The number of anilines is 1. The molecule has 0 aliphatic carbocycles. The first-order valence-electron chi connectivity index (χ1n) is 10.8. The van der Waals surface area contributed by atoms with Crippen molar-refractivity contribution in [3.8, 4) is 11.4 Å². The molecule has 0 spiro atoms. The molecule has 1 aliphatic heterocycles. The first-order valence-corrected chi connectivity index (χ1v) is 12.6. The second-order valence-corrected chi connectivity index (χ2v) is 10.3. The summed E-state index contributed by atoms with van der Waals surface area (Å²) in [5.41, 5.74) is 4.36. The van der Waals surface area contributed by atoms with Gasteiger partial charge in [-0.3, -0.25) is 9.59 Å². The molecule has 0 fully saturated rings. The monoisotopic (exact) mass is 482 g/mol. The Kier molecular flexibility index (Phi) is 6.43. The number of rotatable bonds is 6. The highest BCUT2D eigenvalue weighted by atomic mass is 32.2. The van der Waals surface area contributed by atoms with E-state index in [9.17, 15) is 18.0 Å². The minimum absolute atomic E-state index is 0.200. The van der Waals surface area contributed by atoms with Crippen LogP contribution in [-0.4, -0.2) is 43.7 Å². The Morgan fingerprint density at radius 1 is 1.09 bits per heavy atom. The van der Waals surface area contributed by atoms with Crippen LogP contribution >= 0.6 is 0 Å². The fourth-order valence-electron chi connectivity index (χ4n) is 4.05. The van der Waals surface area contributed by atoms with Gasteiger partial charge in [0.25, 0.3) is 0 Å². The number of hydrogen-bond acceptors (Lipinski definition) is 6. The lowest BCUT2D eigenvalue weighted by Crippen LogP contribution is -2.37. The molecule has 4 rings (SSSR count). The summed E-state index contributed by atoms with van der Waals surface area (Å²) in [4.78, 5) is 25.2. The number of aromatic nitrogens is 2. The maximum absolute atomic E-state index is 12.7. The van der Waals surface area contributed by atoms with E-state index in [0.29, 0.717) is 29.1 Å². The van der Waals surface area contributed by atoms with E-state index in [1.807, 2.05) is 56.3 Å². The lowest BCUT2D eigenvalue weighted by Gasteiger charge is -2.13. The van der Waals surface area contributed by atoms with Crippen LogP contribution in [-0.2, 0) is 37.4 Å². The fraction of sp³-hybridized carbons (Fsp3) is 0.292. The molecule has 178 valence electrons. The van der Waals surface area contributed by atoms with Crippen LogP contribution in [0.25, 0.3) is 5.69 Å². The first-order chi connectivity index (χ1) is 16.2. The smallest absolute Gasteiger partial charge is 0.314 e. The molecule has 0 atom stereocenters. The molecular weight excluding hydrogens is 456 g/mol. The molecule has 0 saturated carbocycles. The first kappa shape index (κ1) is 23.5. The summed E-state index contributed by atoms with van der Waals surface area (Å²) < 4.78 is 31.1. The number of methoxy groups -OCH3 is 1. The van der Waals surface area contributed by atoms with E-state index in [4.69, 9.17) is 4.74 Å². The number of carbonyl (C=O) groups excluding carboxylic acids is 2. The third-order valence-electron chi connectivity index (χ3n) is 5.68. The van der Waals surface area contributed by atoms with Gasteiger partial charge in [-0.1, -0.05) is 35.9 Å². The molecule has 2 amide bonds. The van der Waals surface area contributed by atoms with Crippen molar-refractivity contribution < 1.29 is 22.7 Å². The van der Waals surface area contributed by atoms with E-state index >= 15 is 0 Å². The molecule has 0 radical (unpaired) electrons. The molecule has 9 nitrogen and oxygen atoms in total. The van der Waals surface area contributed by atoms with Crippen LogP contribution in [0.3, 0.4) is 0 Å². The average Bonchev–Trinajstić information content (AvgIpc) is 3.26. The molecule has 3 aromatic rings. The van der Waals surface area contributed by atoms with Gasteiger partial charge < -0.3 is 15.4 Å². The summed E-state index contributed by atoms with van der Waals surface area (Å²) in [6, 6.07) is 13.2. The van der Waals surface area contributed by atoms with Gasteiger partial charge in [0.1, 0.15) is 11.6 Å². The normalized spacial score (nSPS) is 13.9. The Bertz CT molecular complexity index is 1380. The van der Waals surface area contributed by atoms with Crippen molar-refractivity contribution in [3.05, 3.63) is 70.4 Å². The topological polar surface area (TPSA) is 119 Å². The zero-order valence-electron chi connectivity index (χ0n) is 19.2. The fourth-order valence-corrected chi connectivity index (χ4v) is 5.55. The van der Waals surface area contributed by atoms with E-state index in [2.05, 4.69) is 15.7 Å². The van der Waals surface area contributed by atoms with Crippen molar-refractivity contribution in [2.45, 2.75) is 31.8 Å². The highest BCUT2D eigenvalue weighted by Gasteiger charge is 2.34. The number of aryl methyl sites for hydroxylation is 2. The quantitative estimate of drug-likeness (QED) is 0.520. The number of nitrogens with zero attached hydrogens (tertiary/aromatic N) is 2. The molecule has 34 heavy (non-hydrogen) atoms. The summed E-state index contributed by atoms with van der Waals surface area (Å²) >= 11 is 0. The summed E-state index contributed by atoms with van der Waals surface area (Å²) in [6.07, 6.45) is 0.483. The summed E-state index contributed by atoms with van der Waals surface area (Å²) in [7, 11) is -1.78. The van der Waals surface area contributed by atoms with E-state index in [1.54, 1.807) is 7.11 Å². The number of nitrogens with one attached hydrogen (secondary N) is 2. The van der Waals surface area contributed by atoms with Crippen molar-refractivity contribution in [3.63, 3.8) is 0 Å².